The van der Waals surface area contributed by atoms with E-state index in [1.807, 2.05) is 50.2 Å². The van der Waals surface area contributed by atoms with Crippen molar-refractivity contribution in [1.29, 1.82) is 0 Å². The number of aryl methyl sites for hydroxylation is 2. The molecule has 2 aromatic carbocycles. The normalized spacial score (nSPS) is 11.0. The van der Waals surface area contributed by atoms with Gasteiger partial charge in [0.05, 0.1) is 12.0 Å². The van der Waals surface area contributed by atoms with Crippen LogP contribution < -0.4 is 16.6 Å². The minimum absolute atomic E-state index is 0.144. The maximum absolute atomic E-state index is 12.2. The maximum Gasteiger partial charge on any atom is 0.264 e. The lowest BCUT2D eigenvalue weighted by Crippen LogP contribution is -2.17. The molecule has 0 unspecified atom stereocenters. The Morgan fingerprint density at radius 1 is 1.28 bits per heavy atom. The standard InChI is InChI=1S/C19H20ClN7OS/c1-12-7-8-13(2)16(9-12)23-17(28)11-29-19-26-25-18(27(19)21)24-22-10-14-5-3-4-6-15(14)20/h3-10H,11,21H2,1-2H3,(H,23,28)(H,24,25)/b22-10+. The van der Waals surface area contributed by atoms with Crippen molar-refractivity contribution in [2.45, 2.75) is 19.0 Å². The summed E-state index contributed by atoms with van der Waals surface area (Å²) >= 11 is 7.25. The van der Waals surface area contributed by atoms with E-state index >= 15 is 0 Å². The smallest absolute Gasteiger partial charge is 0.264 e. The fourth-order valence-electron chi connectivity index (χ4n) is 2.38. The number of carbonyl (C=O) groups excluding carboxylic acids is 1. The van der Waals surface area contributed by atoms with Crippen LogP contribution in [0.15, 0.2) is 52.7 Å². The van der Waals surface area contributed by atoms with E-state index in [1.165, 1.54) is 16.4 Å². The van der Waals surface area contributed by atoms with Crippen LogP contribution in [0, 0.1) is 13.8 Å². The van der Waals surface area contributed by atoms with Crippen molar-refractivity contribution in [3.05, 3.63) is 64.2 Å². The van der Waals surface area contributed by atoms with E-state index < -0.39 is 0 Å². The zero-order valence-corrected chi connectivity index (χ0v) is 17.5. The average molecular weight is 430 g/mol. The van der Waals surface area contributed by atoms with Crippen LogP contribution >= 0.6 is 23.4 Å². The predicted molar refractivity (Wildman–Crippen MR) is 118 cm³/mol. The number of nitrogens with two attached hydrogens (primary N) is 1. The fraction of sp³-hybridized carbons (Fsp3) is 0.158. The third kappa shape index (κ3) is 5.49. The summed E-state index contributed by atoms with van der Waals surface area (Å²) in [6.45, 7) is 3.92. The van der Waals surface area contributed by atoms with Crippen LogP contribution in [-0.4, -0.2) is 32.7 Å². The Kier molecular flexibility index (Phi) is 6.73. The molecule has 3 rings (SSSR count). The Balaban J connectivity index is 1.56. The molecule has 3 aromatic rings. The van der Waals surface area contributed by atoms with Crippen molar-refractivity contribution in [3.8, 4) is 0 Å². The molecule has 10 heteroatoms. The molecular weight excluding hydrogens is 410 g/mol. The van der Waals surface area contributed by atoms with E-state index in [1.54, 1.807) is 12.3 Å². The zero-order valence-electron chi connectivity index (χ0n) is 15.9. The number of nitrogens with one attached hydrogen (secondary N) is 2. The number of hydrogen-bond donors (Lipinski definition) is 3. The molecule has 0 spiro atoms. The molecule has 4 N–H and O–H groups in total. The summed E-state index contributed by atoms with van der Waals surface area (Å²) in [4.78, 5) is 12.2. The van der Waals surface area contributed by atoms with Crippen molar-refractivity contribution in [3.63, 3.8) is 0 Å². The molecular formula is C19H20ClN7OS. The number of carbonyl (C=O) groups is 1. The summed E-state index contributed by atoms with van der Waals surface area (Å²) < 4.78 is 1.24. The number of nitrogen functional groups attached to an aromatic ring is 1. The lowest BCUT2D eigenvalue weighted by Gasteiger charge is -2.09. The van der Waals surface area contributed by atoms with Crippen LogP contribution in [-0.2, 0) is 4.79 Å². The summed E-state index contributed by atoms with van der Waals surface area (Å²) in [5.41, 5.74) is 6.33. The molecule has 0 saturated heterocycles. The molecule has 0 bridgehead atoms. The van der Waals surface area contributed by atoms with Crippen molar-refractivity contribution < 1.29 is 4.79 Å². The Hall–Kier alpha value is -3.04. The summed E-state index contributed by atoms with van der Waals surface area (Å²) in [5, 5.41) is 15.8. The largest absolute Gasteiger partial charge is 0.334 e. The highest BCUT2D eigenvalue weighted by molar-refractivity contribution is 7.99. The first-order valence-electron chi connectivity index (χ1n) is 8.68. The van der Waals surface area contributed by atoms with Gasteiger partial charge >= 0.3 is 0 Å². The molecule has 0 aliphatic heterocycles. The number of rotatable bonds is 7. The monoisotopic (exact) mass is 429 g/mol. The fourth-order valence-corrected chi connectivity index (χ4v) is 3.22. The minimum Gasteiger partial charge on any atom is -0.334 e. The van der Waals surface area contributed by atoms with Gasteiger partial charge in [-0.25, -0.2) is 10.1 Å². The van der Waals surface area contributed by atoms with E-state index in [9.17, 15) is 4.79 Å². The first-order valence-corrected chi connectivity index (χ1v) is 10.0. The zero-order chi connectivity index (χ0) is 20.8. The molecule has 0 saturated carbocycles. The van der Waals surface area contributed by atoms with Gasteiger partial charge in [0.25, 0.3) is 5.95 Å². The van der Waals surface area contributed by atoms with E-state index in [0.717, 1.165) is 22.4 Å². The van der Waals surface area contributed by atoms with Gasteiger partial charge in [-0.1, -0.05) is 53.7 Å². The average Bonchev–Trinajstić information content (AvgIpc) is 3.04. The van der Waals surface area contributed by atoms with Crippen LogP contribution in [0.5, 0.6) is 0 Å². The van der Waals surface area contributed by atoms with Crippen molar-refractivity contribution in [2.24, 2.45) is 5.10 Å². The molecule has 150 valence electrons. The number of hydrogen-bond acceptors (Lipinski definition) is 7. The summed E-state index contributed by atoms with van der Waals surface area (Å²) in [6, 6.07) is 13.2. The second-order valence-corrected chi connectivity index (χ2v) is 7.57. The number of anilines is 2. The highest BCUT2D eigenvalue weighted by Crippen LogP contribution is 2.20. The molecule has 0 fully saturated rings. The molecule has 1 amide bonds. The van der Waals surface area contributed by atoms with E-state index in [2.05, 4.69) is 26.0 Å². The number of amides is 1. The van der Waals surface area contributed by atoms with E-state index in [0.29, 0.717) is 10.2 Å². The number of benzene rings is 2. The summed E-state index contributed by atoms with van der Waals surface area (Å²) in [7, 11) is 0. The minimum atomic E-state index is -0.155. The van der Waals surface area contributed by atoms with Gasteiger partial charge in [0, 0.05) is 16.3 Å². The number of thioether (sulfide) groups is 1. The highest BCUT2D eigenvalue weighted by Gasteiger charge is 2.12. The van der Waals surface area contributed by atoms with Crippen molar-refractivity contribution in [1.82, 2.24) is 14.9 Å². The molecule has 0 radical (unpaired) electrons. The second kappa shape index (κ2) is 9.44. The summed E-state index contributed by atoms with van der Waals surface area (Å²) in [5.74, 6) is 6.20. The van der Waals surface area contributed by atoms with Gasteiger partial charge in [0.2, 0.25) is 11.1 Å². The number of halogens is 1. The number of hydrazone groups is 1. The van der Waals surface area contributed by atoms with Gasteiger partial charge in [-0.3, -0.25) is 4.79 Å². The number of aromatic nitrogens is 3. The van der Waals surface area contributed by atoms with Crippen LogP contribution in [0.2, 0.25) is 5.02 Å². The Bertz CT molecular complexity index is 1050. The SMILES string of the molecule is Cc1ccc(C)c(NC(=O)CSc2nnc(N/N=C/c3ccccc3Cl)n2N)c1. The van der Waals surface area contributed by atoms with Crippen LogP contribution in [0.25, 0.3) is 0 Å². The van der Waals surface area contributed by atoms with Gasteiger partial charge in [-0.15, -0.1) is 10.2 Å². The van der Waals surface area contributed by atoms with Gasteiger partial charge in [0.1, 0.15) is 0 Å². The first-order chi connectivity index (χ1) is 13.9. The third-order valence-corrected chi connectivity index (χ3v) is 5.22. The highest BCUT2D eigenvalue weighted by atomic mass is 35.5. The molecule has 0 aliphatic carbocycles. The van der Waals surface area contributed by atoms with Crippen LogP contribution in [0.1, 0.15) is 16.7 Å². The Morgan fingerprint density at radius 2 is 2.07 bits per heavy atom. The summed E-state index contributed by atoms with van der Waals surface area (Å²) in [6.07, 6.45) is 1.56. The van der Waals surface area contributed by atoms with Gasteiger partial charge in [0.15, 0.2) is 0 Å². The van der Waals surface area contributed by atoms with Crippen LogP contribution in [0.3, 0.4) is 0 Å². The maximum atomic E-state index is 12.2. The number of nitrogens with zero attached hydrogens (tertiary/aromatic N) is 4. The Labute approximate surface area is 177 Å². The van der Waals surface area contributed by atoms with E-state index in [-0.39, 0.29) is 17.6 Å². The molecule has 0 atom stereocenters. The van der Waals surface area contributed by atoms with Gasteiger partial charge < -0.3 is 11.2 Å². The predicted octanol–water partition coefficient (Wildman–Crippen LogP) is 3.44. The third-order valence-electron chi connectivity index (χ3n) is 3.94. The quantitative estimate of drug-likeness (QED) is 0.229. The molecule has 8 nitrogen and oxygen atoms in total. The lowest BCUT2D eigenvalue weighted by atomic mass is 10.1. The lowest BCUT2D eigenvalue weighted by molar-refractivity contribution is -0.113. The van der Waals surface area contributed by atoms with Crippen molar-refractivity contribution in [2.75, 3.05) is 22.3 Å². The van der Waals surface area contributed by atoms with Gasteiger partial charge in [-0.05, 0) is 37.1 Å². The van der Waals surface area contributed by atoms with Gasteiger partial charge in [-0.2, -0.15) is 5.10 Å². The molecule has 0 aliphatic rings. The molecule has 1 aromatic heterocycles. The topological polar surface area (TPSA) is 110 Å². The Morgan fingerprint density at radius 3 is 2.86 bits per heavy atom. The van der Waals surface area contributed by atoms with Crippen molar-refractivity contribution >= 4 is 47.1 Å². The van der Waals surface area contributed by atoms with Crippen LogP contribution in [0.4, 0.5) is 11.6 Å². The van der Waals surface area contributed by atoms with E-state index in [4.69, 9.17) is 17.4 Å². The molecule has 29 heavy (non-hydrogen) atoms. The second-order valence-electron chi connectivity index (χ2n) is 6.22. The molecule has 1 heterocycles. The first kappa shape index (κ1) is 20.7.